The predicted molar refractivity (Wildman–Crippen MR) is 123 cm³/mol. The Labute approximate surface area is 184 Å². The summed E-state index contributed by atoms with van der Waals surface area (Å²) in [7, 11) is -3.36. The summed E-state index contributed by atoms with van der Waals surface area (Å²) in [6.45, 7) is 5.32. The van der Waals surface area contributed by atoms with Crippen molar-refractivity contribution in [1.29, 1.82) is 0 Å². The highest BCUT2D eigenvalue weighted by Crippen LogP contribution is 2.26. The molecular formula is C23H32N4O3S. The van der Waals surface area contributed by atoms with E-state index in [9.17, 15) is 13.2 Å². The van der Waals surface area contributed by atoms with E-state index in [2.05, 4.69) is 14.8 Å². The fourth-order valence-electron chi connectivity index (χ4n) is 5.53. The Bertz CT molecular complexity index is 1100. The van der Waals surface area contributed by atoms with E-state index < -0.39 is 10.0 Å². The molecule has 2 fully saturated rings. The van der Waals surface area contributed by atoms with Gasteiger partial charge in [-0.3, -0.25) is 14.6 Å². The first-order valence-corrected chi connectivity index (χ1v) is 13.2. The second kappa shape index (κ2) is 8.65. The normalized spacial score (nSPS) is 22.2. The molecule has 0 amide bonds. The van der Waals surface area contributed by atoms with Gasteiger partial charge in [0.05, 0.1) is 12.3 Å². The molecule has 2 aromatic rings. The second-order valence-electron chi connectivity index (χ2n) is 9.17. The maximum Gasteiger partial charge on any atom is 0.256 e. The van der Waals surface area contributed by atoms with Crippen molar-refractivity contribution in [2.45, 2.75) is 44.7 Å². The van der Waals surface area contributed by atoms with Crippen molar-refractivity contribution in [3.63, 3.8) is 0 Å². The van der Waals surface area contributed by atoms with Crippen LogP contribution in [0.15, 0.2) is 29.1 Å². The van der Waals surface area contributed by atoms with Crippen molar-refractivity contribution < 1.29 is 8.42 Å². The Morgan fingerprint density at radius 3 is 2.42 bits per heavy atom. The Hall–Kier alpha value is -1.74. The van der Waals surface area contributed by atoms with Gasteiger partial charge >= 0.3 is 0 Å². The Morgan fingerprint density at radius 1 is 0.968 bits per heavy atom. The van der Waals surface area contributed by atoms with Crippen LogP contribution in [-0.4, -0.2) is 78.6 Å². The molecule has 0 unspecified atom stereocenters. The maximum absolute atomic E-state index is 13.1. The third-order valence-corrected chi connectivity index (χ3v) is 9.17. The summed E-state index contributed by atoms with van der Waals surface area (Å²) in [5.41, 5.74) is 1.67. The molecule has 8 heteroatoms. The molecule has 3 heterocycles. The maximum atomic E-state index is 13.1. The van der Waals surface area contributed by atoms with E-state index in [1.807, 2.05) is 24.3 Å². The average molecular weight is 445 g/mol. The number of hydrogen-bond acceptors (Lipinski definition) is 5. The Kier molecular flexibility index (Phi) is 5.90. The van der Waals surface area contributed by atoms with E-state index in [-0.39, 0.29) is 17.9 Å². The lowest BCUT2D eigenvalue weighted by Crippen LogP contribution is -2.51. The van der Waals surface area contributed by atoms with Crippen LogP contribution in [0.5, 0.6) is 0 Å². The first-order chi connectivity index (χ1) is 15.0. The van der Waals surface area contributed by atoms with Gasteiger partial charge in [-0.25, -0.2) is 8.42 Å². The van der Waals surface area contributed by atoms with E-state index in [4.69, 9.17) is 0 Å². The minimum absolute atomic E-state index is 0.142. The molecule has 2 aliphatic heterocycles. The summed E-state index contributed by atoms with van der Waals surface area (Å²) < 4.78 is 27.7. The van der Waals surface area contributed by atoms with Crippen LogP contribution in [-0.2, 0) is 23.0 Å². The minimum atomic E-state index is -3.36. The van der Waals surface area contributed by atoms with Crippen LogP contribution in [0, 0.1) is 0 Å². The summed E-state index contributed by atoms with van der Waals surface area (Å²) in [5.74, 6) is 0.142. The molecule has 1 aromatic heterocycles. The molecule has 0 spiro atoms. The molecule has 0 atom stereocenters. The van der Waals surface area contributed by atoms with Gasteiger partial charge in [0.25, 0.3) is 5.56 Å². The molecule has 1 aromatic carbocycles. The number of fused-ring (bicyclic) bond motifs is 3. The molecule has 1 saturated carbocycles. The molecule has 7 nitrogen and oxygen atoms in total. The molecule has 0 bridgehead atoms. The molecule has 3 aliphatic rings. The zero-order valence-electron chi connectivity index (χ0n) is 18.1. The minimum Gasteiger partial charge on any atom is -0.324 e. The van der Waals surface area contributed by atoms with Crippen molar-refractivity contribution in [1.82, 2.24) is 19.1 Å². The van der Waals surface area contributed by atoms with Gasteiger partial charge in [0.2, 0.25) is 10.0 Å². The van der Waals surface area contributed by atoms with Crippen LogP contribution < -0.4 is 5.56 Å². The third-order valence-electron chi connectivity index (χ3n) is 7.38. The van der Waals surface area contributed by atoms with E-state index in [1.54, 1.807) is 4.31 Å². The highest BCUT2D eigenvalue weighted by atomic mass is 32.2. The lowest BCUT2D eigenvalue weighted by Gasteiger charge is -2.38. The van der Waals surface area contributed by atoms with Gasteiger partial charge in [0.15, 0.2) is 0 Å². The van der Waals surface area contributed by atoms with Crippen molar-refractivity contribution in [2.75, 3.05) is 45.0 Å². The number of piperazine rings is 1. The molecule has 1 saturated heterocycles. The summed E-state index contributed by atoms with van der Waals surface area (Å²) in [6.07, 6.45) is 5.97. The Morgan fingerprint density at radius 2 is 1.68 bits per heavy atom. The smallest absolute Gasteiger partial charge is 0.256 e. The number of nitrogens with zero attached hydrogens (tertiary/aromatic N) is 3. The zero-order valence-corrected chi connectivity index (χ0v) is 18.9. The monoisotopic (exact) mass is 444 g/mol. The van der Waals surface area contributed by atoms with Gasteiger partial charge in [-0.15, -0.1) is 0 Å². The number of nitrogens with one attached hydrogen (secondary N) is 1. The van der Waals surface area contributed by atoms with Crippen LogP contribution in [0.3, 0.4) is 0 Å². The molecule has 31 heavy (non-hydrogen) atoms. The first-order valence-electron chi connectivity index (χ1n) is 11.6. The fourth-order valence-corrected chi connectivity index (χ4v) is 6.97. The van der Waals surface area contributed by atoms with Crippen LogP contribution in [0.4, 0.5) is 0 Å². The van der Waals surface area contributed by atoms with Crippen LogP contribution >= 0.6 is 0 Å². The van der Waals surface area contributed by atoms with E-state index in [1.165, 1.54) is 25.7 Å². The molecule has 1 aliphatic carbocycles. The lowest BCUT2D eigenvalue weighted by molar-refractivity contribution is 0.102. The number of hydrogen-bond donors (Lipinski definition) is 1. The van der Waals surface area contributed by atoms with E-state index in [0.717, 1.165) is 48.9 Å². The highest BCUT2D eigenvalue weighted by Gasteiger charge is 2.30. The SMILES string of the molecule is O=c1[nH]c2c(c3ccccc13)CCN(S(=O)(=O)CCN1CCN(C3CCCC3)CC1)C2. The molecule has 168 valence electrons. The van der Waals surface area contributed by atoms with Gasteiger partial charge in [-0.05, 0) is 36.3 Å². The topological polar surface area (TPSA) is 76.7 Å². The average Bonchev–Trinajstić information content (AvgIpc) is 3.33. The van der Waals surface area contributed by atoms with Gasteiger partial charge in [-0.2, -0.15) is 4.31 Å². The lowest BCUT2D eigenvalue weighted by atomic mass is 9.99. The number of H-pyrrole nitrogens is 1. The standard InChI is InChI=1S/C23H32N4O3S/c28-23-21-8-4-3-7-19(21)20-9-10-27(17-22(20)24-23)31(29,30)16-15-25-11-13-26(14-12-25)18-5-1-2-6-18/h3-4,7-8,18H,1-2,5-6,9-17H2,(H,24,28). The molecule has 0 radical (unpaired) electrons. The quantitative estimate of drug-likeness (QED) is 0.761. The van der Waals surface area contributed by atoms with Gasteiger partial charge < -0.3 is 4.98 Å². The Balaban J connectivity index is 1.21. The van der Waals surface area contributed by atoms with Crippen LogP contribution in [0.25, 0.3) is 10.8 Å². The van der Waals surface area contributed by atoms with E-state index in [0.29, 0.717) is 24.9 Å². The summed E-state index contributed by atoms with van der Waals surface area (Å²) >= 11 is 0. The number of aromatic amines is 1. The summed E-state index contributed by atoms with van der Waals surface area (Å²) in [4.78, 5) is 20.2. The molecular weight excluding hydrogens is 412 g/mol. The number of benzene rings is 1. The van der Waals surface area contributed by atoms with E-state index >= 15 is 0 Å². The summed E-state index contributed by atoms with van der Waals surface area (Å²) in [6, 6.07) is 8.31. The number of aromatic nitrogens is 1. The molecule has 1 N–H and O–H groups in total. The molecule has 5 rings (SSSR count). The highest BCUT2D eigenvalue weighted by molar-refractivity contribution is 7.89. The van der Waals surface area contributed by atoms with Gasteiger partial charge in [0, 0.05) is 56.4 Å². The van der Waals surface area contributed by atoms with Crippen LogP contribution in [0.2, 0.25) is 0 Å². The van der Waals surface area contributed by atoms with Gasteiger partial charge in [0.1, 0.15) is 0 Å². The predicted octanol–water partition coefficient (Wildman–Crippen LogP) is 1.78. The van der Waals surface area contributed by atoms with Crippen molar-refractivity contribution in [2.24, 2.45) is 0 Å². The third kappa shape index (κ3) is 4.31. The fraction of sp³-hybridized carbons (Fsp3) is 0.609. The first kappa shape index (κ1) is 21.1. The number of sulfonamides is 1. The zero-order chi connectivity index (χ0) is 21.4. The van der Waals surface area contributed by atoms with Crippen molar-refractivity contribution >= 4 is 20.8 Å². The van der Waals surface area contributed by atoms with Gasteiger partial charge in [-0.1, -0.05) is 31.0 Å². The largest absolute Gasteiger partial charge is 0.324 e. The van der Waals surface area contributed by atoms with Crippen LogP contribution in [0.1, 0.15) is 36.9 Å². The summed E-state index contributed by atoms with van der Waals surface area (Å²) in [5, 5.41) is 1.62. The number of rotatable bonds is 5. The van der Waals surface area contributed by atoms with Crippen molar-refractivity contribution in [3.8, 4) is 0 Å². The number of pyridine rings is 1. The van der Waals surface area contributed by atoms with Crippen molar-refractivity contribution in [3.05, 3.63) is 45.9 Å². The second-order valence-corrected chi connectivity index (χ2v) is 11.3.